The van der Waals surface area contributed by atoms with Crippen LogP contribution in [-0.4, -0.2) is 24.6 Å². The first kappa shape index (κ1) is 9.88. The van der Waals surface area contributed by atoms with E-state index in [1.807, 2.05) is 19.1 Å². The second-order valence-corrected chi connectivity index (χ2v) is 2.08. The summed E-state index contributed by atoms with van der Waals surface area (Å²) in [6.07, 6.45) is 4.82. The SMILES string of the molecule is C=NN(C)/N=C(\C=C\C)CC. The van der Waals surface area contributed by atoms with Gasteiger partial charge in [0.15, 0.2) is 0 Å². The van der Waals surface area contributed by atoms with E-state index < -0.39 is 0 Å². The van der Waals surface area contributed by atoms with E-state index in [-0.39, 0.29) is 0 Å². The molecule has 0 aromatic carbocycles. The van der Waals surface area contributed by atoms with Crippen molar-refractivity contribution in [1.29, 1.82) is 0 Å². The second kappa shape index (κ2) is 5.65. The van der Waals surface area contributed by atoms with Crippen LogP contribution in [0.3, 0.4) is 0 Å². The lowest BCUT2D eigenvalue weighted by Crippen LogP contribution is -2.05. The van der Waals surface area contributed by atoms with Gasteiger partial charge in [-0.1, -0.05) is 13.0 Å². The molecule has 0 aliphatic carbocycles. The van der Waals surface area contributed by atoms with Crippen LogP contribution in [0.5, 0.6) is 0 Å². The van der Waals surface area contributed by atoms with Gasteiger partial charge in [-0.15, -0.1) is 0 Å². The monoisotopic (exact) mass is 153 g/mol. The average molecular weight is 153 g/mol. The fraction of sp³-hybridized carbons (Fsp3) is 0.500. The van der Waals surface area contributed by atoms with Gasteiger partial charge in [0.2, 0.25) is 0 Å². The van der Waals surface area contributed by atoms with Crippen molar-refractivity contribution >= 4 is 12.4 Å². The Bertz CT molecular complexity index is 170. The van der Waals surface area contributed by atoms with E-state index in [1.165, 1.54) is 5.12 Å². The molecule has 0 spiro atoms. The molecule has 0 rings (SSSR count). The molecule has 0 heterocycles. The van der Waals surface area contributed by atoms with Crippen molar-refractivity contribution in [2.75, 3.05) is 7.05 Å². The van der Waals surface area contributed by atoms with E-state index in [2.05, 4.69) is 23.8 Å². The lowest BCUT2D eigenvalue weighted by Gasteiger charge is -2.05. The molecule has 0 saturated heterocycles. The van der Waals surface area contributed by atoms with Gasteiger partial charge >= 0.3 is 0 Å². The third-order valence-electron chi connectivity index (χ3n) is 1.20. The number of nitrogens with zero attached hydrogens (tertiary/aromatic N) is 3. The van der Waals surface area contributed by atoms with Gasteiger partial charge in [0.25, 0.3) is 0 Å². The first-order valence-electron chi connectivity index (χ1n) is 3.65. The molecule has 0 bridgehead atoms. The average Bonchev–Trinajstić information content (AvgIpc) is 2.03. The maximum Gasteiger partial charge on any atom is 0.0620 e. The zero-order chi connectivity index (χ0) is 8.69. The van der Waals surface area contributed by atoms with E-state index >= 15 is 0 Å². The Balaban J connectivity index is 4.21. The van der Waals surface area contributed by atoms with Crippen LogP contribution in [0.25, 0.3) is 0 Å². The number of hydrogen-bond donors (Lipinski definition) is 0. The Morgan fingerprint density at radius 2 is 2.27 bits per heavy atom. The van der Waals surface area contributed by atoms with Gasteiger partial charge in [-0.2, -0.15) is 15.3 Å². The summed E-state index contributed by atoms with van der Waals surface area (Å²) in [5.41, 5.74) is 1.00. The highest BCUT2D eigenvalue weighted by Gasteiger charge is 1.90. The Hall–Kier alpha value is -1.12. The van der Waals surface area contributed by atoms with Crippen LogP contribution in [0.1, 0.15) is 20.3 Å². The molecule has 62 valence electrons. The van der Waals surface area contributed by atoms with Crippen LogP contribution in [0, 0.1) is 0 Å². The standard InChI is InChI=1S/C8H15N3/c1-5-7-8(6-2)10-11(4)9-3/h5,7H,3,6H2,1-2,4H3/b7-5+,10-8-. The maximum absolute atomic E-state index is 4.14. The minimum absolute atomic E-state index is 0.907. The summed E-state index contributed by atoms with van der Waals surface area (Å²) in [5, 5.41) is 9.21. The van der Waals surface area contributed by atoms with Crippen LogP contribution in [-0.2, 0) is 0 Å². The first-order chi connectivity index (χ1) is 5.24. The maximum atomic E-state index is 4.14. The van der Waals surface area contributed by atoms with Crippen LogP contribution in [0.4, 0.5) is 0 Å². The molecule has 0 N–H and O–H groups in total. The van der Waals surface area contributed by atoms with Gasteiger partial charge in [-0.05, 0) is 19.4 Å². The molecule has 0 atom stereocenters. The summed E-state index contributed by atoms with van der Waals surface area (Å²) in [5.74, 6) is 0. The van der Waals surface area contributed by atoms with E-state index in [0.29, 0.717) is 0 Å². The highest BCUT2D eigenvalue weighted by Crippen LogP contribution is 1.92. The number of rotatable bonds is 4. The van der Waals surface area contributed by atoms with Crippen molar-refractivity contribution in [1.82, 2.24) is 5.12 Å². The fourth-order valence-corrected chi connectivity index (χ4v) is 0.632. The smallest absolute Gasteiger partial charge is 0.0620 e. The molecule has 0 radical (unpaired) electrons. The predicted octanol–water partition coefficient (Wildman–Crippen LogP) is 1.88. The van der Waals surface area contributed by atoms with Crippen LogP contribution in [0.2, 0.25) is 0 Å². The van der Waals surface area contributed by atoms with Gasteiger partial charge in [-0.25, -0.2) is 0 Å². The zero-order valence-electron chi connectivity index (χ0n) is 7.41. The molecule has 11 heavy (non-hydrogen) atoms. The van der Waals surface area contributed by atoms with Crippen molar-refractivity contribution in [2.45, 2.75) is 20.3 Å². The molecular formula is C8H15N3. The molecule has 0 aromatic rings. The molecule has 0 aliphatic heterocycles. The van der Waals surface area contributed by atoms with Crippen LogP contribution >= 0.6 is 0 Å². The number of hydrazone groups is 2. The molecular weight excluding hydrogens is 138 g/mol. The molecule has 0 aliphatic rings. The number of hydrogen-bond acceptors (Lipinski definition) is 3. The zero-order valence-corrected chi connectivity index (χ0v) is 7.41. The topological polar surface area (TPSA) is 28.0 Å². The second-order valence-electron chi connectivity index (χ2n) is 2.08. The molecule has 0 fully saturated rings. The minimum Gasteiger partial charge on any atom is -0.189 e. The summed E-state index contributed by atoms with van der Waals surface area (Å²) >= 11 is 0. The fourth-order valence-electron chi connectivity index (χ4n) is 0.632. The Kier molecular flexibility index (Phi) is 5.07. The summed E-state index contributed by atoms with van der Waals surface area (Å²) in [4.78, 5) is 0. The quantitative estimate of drug-likeness (QED) is 0.447. The highest BCUT2D eigenvalue weighted by atomic mass is 15.6. The van der Waals surface area contributed by atoms with E-state index in [0.717, 1.165) is 12.1 Å². The van der Waals surface area contributed by atoms with E-state index in [4.69, 9.17) is 0 Å². The normalized spacial score (nSPS) is 12.1. The first-order valence-corrected chi connectivity index (χ1v) is 3.65. The summed E-state index contributed by atoms with van der Waals surface area (Å²) in [7, 11) is 1.76. The van der Waals surface area contributed by atoms with Crippen molar-refractivity contribution in [3.05, 3.63) is 12.2 Å². The molecule has 0 amide bonds. The van der Waals surface area contributed by atoms with Gasteiger partial charge < -0.3 is 0 Å². The largest absolute Gasteiger partial charge is 0.189 e. The highest BCUT2D eigenvalue weighted by molar-refractivity contribution is 5.94. The molecule has 0 saturated carbocycles. The Morgan fingerprint density at radius 1 is 1.64 bits per heavy atom. The molecule has 3 heteroatoms. The van der Waals surface area contributed by atoms with Crippen molar-refractivity contribution in [3.63, 3.8) is 0 Å². The molecule has 0 unspecified atom stereocenters. The third kappa shape index (κ3) is 4.31. The summed E-state index contributed by atoms with van der Waals surface area (Å²) in [6.45, 7) is 7.37. The predicted molar refractivity (Wildman–Crippen MR) is 49.9 cm³/mol. The van der Waals surface area contributed by atoms with Crippen LogP contribution in [0.15, 0.2) is 22.4 Å². The van der Waals surface area contributed by atoms with Gasteiger partial charge in [0.05, 0.1) is 5.71 Å². The lowest BCUT2D eigenvalue weighted by molar-refractivity contribution is 0.380. The summed E-state index contributed by atoms with van der Waals surface area (Å²) in [6, 6.07) is 0. The van der Waals surface area contributed by atoms with Crippen molar-refractivity contribution in [3.8, 4) is 0 Å². The third-order valence-corrected chi connectivity index (χ3v) is 1.20. The minimum atomic E-state index is 0.907. The van der Waals surface area contributed by atoms with Gasteiger partial charge in [-0.3, -0.25) is 0 Å². The van der Waals surface area contributed by atoms with Crippen molar-refractivity contribution in [2.24, 2.45) is 10.2 Å². The van der Waals surface area contributed by atoms with Crippen LogP contribution < -0.4 is 0 Å². The molecule has 0 aromatic heterocycles. The van der Waals surface area contributed by atoms with Crippen molar-refractivity contribution < 1.29 is 0 Å². The summed E-state index contributed by atoms with van der Waals surface area (Å²) < 4.78 is 0. The Morgan fingerprint density at radius 3 is 2.64 bits per heavy atom. The lowest BCUT2D eigenvalue weighted by atomic mass is 10.3. The Labute approximate surface area is 68.1 Å². The molecule has 3 nitrogen and oxygen atoms in total. The number of allylic oxidation sites excluding steroid dienone is 2. The van der Waals surface area contributed by atoms with E-state index in [1.54, 1.807) is 7.05 Å². The van der Waals surface area contributed by atoms with E-state index in [9.17, 15) is 0 Å². The van der Waals surface area contributed by atoms with Gasteiger partial charge in [0, 0.05) is 13.8 Å². The van der Waals surface area contributed by atoms with Gasteiger partial charge in [0.1, 0.15) is 0 Å².